The Bertz CT molecular complexity index is 498. The molecule has 6 nitrogen and oxygen atoms in total. The van der Waals surface area contributed by atoms with Crippen molar-refractivity contribution in [2.75, 3.05) is 38.8 Å². The van der Waals surface area contributed by atoms with Gasteiger partial charge in [-0.05, 0) is 24.6 Å². The Morgan fingerprint density at radius 3 is 2.53 bits per heavy atom. The Hall–Kier alpha value is -2.24. The normalized spacial score (nSPS) is 9.89. The van der Waals surface area contributed by atoms with Crippen LogP contribution in [0.5, 0.6) is 0 Å². The summed E-state index contributed by atoms with van der Waals surface area (Å²) < 4.78 is 4.67. The van der Waals surface area contributed by atoms with Gasteiger partial charge in [-0.3, -0.25) is 4.79 Å². The summed E-state index contributed by atoms with van der Waals surface area (Å²) in [5, 5.41) is 2.96. The number of aryl methyl sites for hydroxylation is 1. The zero-order valence-corrected chi connectivity index (χ0v) is 11.6. The minimum absolute atomic E-state index is 0.0610. The van der Waals surface area contributed by atoms with Crippen LogP contribution < -0.4 is 11.1 Å². The van der Waals surface area contributed by atoms with E-state index in [1.54, 1.807) is 33.2 Å². The first kappa shape index (κ1) is 14.8. The number of esters is 1. The van der Waals surface area contributed by atoms with Crippen molar-refractivity contribution in [3.8, 4) is 0 Å². The van der Waals surface area contributed by atoms with Crippen LogP contribution in [-0.4, -0.2) is 44.5 Å². The van der Waals surface area contributed by atoms with Crippen molar-refractivity contribution in [2.45, 2.75) is 6.92 Å². The standard InChI is InChI=1S/C13H19N3O3/c1-8-5-9(15-7-11(17)16(2)3)6-10(12(8)14)13(18)19-4/h5-6,15H,7,14H2,1-4H3. The maximum atomic E-state index is 11.6. The Balaban J connectivity index is 2.94. The predicted octanol–water partition coefficient (Wildman–Crippen LogP) is 0.864. The zero-order valence-electron chi connectivity index (χ0n) is 11.6. The highest BCUT2D eigenvalue weighted by Gasteiger charge is 2.14. The van der Waals surface area contributed by atoms with E-state index in [1.807, 2.05) is 0 Å². The summed E-state index contributed by atoms with van der Waals surface area (Å²) in [5.41, 5.74) is 7.92. The van der Waals surface area contributed by atoms with Crippen molar-refractivity contribution in [1.82, 2.24) is 4.90 Å². The van der Waals surface area contributed by atoms with Gasteiger partial charge in [0.15, 0.2) is 0 Å². The number of likely N-dealkylation sites (N-methyl/N-ethyl adjacent to an activating group) is 1. The molecule has 0 saturated heterocycles. The number of nitrogen functional groups attached to an aromatic ring is 1. The molecule has 0 aliphatic carbocycles. The van der Waals surface area contributed by atoms with Gasteiger partial charge in [0.05, 0.1) is 19.2 Å². The first-order valence-corrected chi connectivity index (χ1v) is 5.79. The van der Waals surface area contributed by atoms with E-state index in [0.29, 0.717) is 16.9 Å². The molecule has 0 saturated carbocycles. The second-order valence-corrected chi connectivity index (χ2v) is 4.39. The molecule has 6 heteroatoms. The highest BCUT2D eigenvalue weighted by Crippen LogP contribution is 2.23. The van der Waals surface area contributed by atoms with Gasteiger partial charge in [0, 0.05) is 25.5 Å². The number of ether oxygens (including phenoxy) is 1. The van der Waals surface area contributed by atoms with E-state index in [4.69, 9.17) is 5.73 Å². The van der Waals surface area contributed by atoms with Crippen LogP contribution in [0.15, 0.2) is 12.1 Å². The lowest BCUT2D eigenvalue weighted by Gasteiger charge is -2.14. The fraction of sp³-hybridized carbons (Fsp3) is 0.385. The van der Waals surface area contributed by atoms with Gasteiger partial charge in [-0.15, -0.1) is 0 Å². The predicted molar refractivity (Wildman–Crippen MR) is 74.1 cm³/mol. The summed E-state index contributed by atoms with van der Waals surface area (Å²) in [7, 11) is 4.66. The van der Waals surface area contributed by atoms with Crippen molar-refractivity contribution in [2.24, 2.45) is 0 Å². The van der Waals surface area contributed by atoms with E-state index in [2.05, 4.69) is 10.1 Å². The van der Waals surface area contributed by atoms with E-state index in [9.17, 15) is 9.59 Å². The molecule has 0 unspecified atom stereocenters. The lowest BCUT2D eigenvalue weighted by atomic mass is 10.1. The molecule has 0 radical (unpaired) electrons. The average molecular weight is 265 g/mol. The van der Waals surface area contributed by atoms with E-state index >= 15 is 0 Å². The number of nitrogens with one attached hydrogen (secondary N) is 1. The van der Waals surface area contributed by atoms with Gasteiger partial charge in [-0.2, -0.15) is 0 Å². The molecule has 1 rings (SSSR count). The number of hydrogen-bond acceptors (Lipinski definition) is 5. The van der Waals surface area contributed by atoms with Crippen LogP contribution in [0.4, 0.5) is 11.4 Å². The van der Waals surface area contributed by atoms with Gasteiger partial charge in [-0.1, -0.05) is 0 Å². The molecule has 0 fully saturated rings. The van der Waals surface area contributed by atoms with E-state index < -0.39 is 5.97 Å². The molecule has 0 bridgehead atoms. The number of rotatable bonds is 4. The van der Waals surface area contributed by atoms with Crippen molar-refractivity contribution >= 4 is 23.3 Å². The van der Waals surface area contributed by atoms with Crippen molar-refractivity contribution in [3.05, 3.63) is 23.3 Å². The second-order valence-electron chi connectivity index (χ2n) is 4.39. The minimum atomic E-state index is -0.497. The maximum Gasteiger partial charge on any atom is 0.340 e. The first-order chi connectivity index (χ1) is 8.86. The van der Waals surface area contributed by atoms with Gasteiger partial charge in [0.2, 0.25) is 5.91 Å². The topological polar surface area (TPSA) is 84.7 Å². The van der Waals surface area contributed by atoms with Crippen molar-refractivity contribution in [1.29, 1.82) is 0 Å². The Kier molecular flexibility index (Phi) is 4.74. The summed E-state index contributed by atoms with van der Waals surface area (Å²) >= 11 is 0. The lowest BCUT2D eigenvalue weighted by Crippen LogP contribution is -2.28. The van der Waals surface area contributed by atoms with E-state index in [1.165, 1.54) is 12.0 Å². The monoisotopic (exact) mass is 265 g/mol. The Labute approximate surface area is 112 Å². The molecular weight excluding hydrogens is 246 g/mol. The molecule has 0 aliphatic heterocycles. The van der Waals surface area contributed by atoms with Gasteiger partial charge >= 0.3 is 5.97 Å². The second kappa shape index (κ2) is 6.08. The number of benzene rings is 1. The Morgan fingerprint density at radius 2 is 2.00 bits per heavy atom. The van der Waals surface area contributed by atoms with Gasteiger partial charge < -0.3 is 20.7 Å². The third kappa shape index (κ3) is 3.61. The van der Waals surface area contributed by atoms with Crippen LogP contribution in [0.1, 0.15) is 15.9 Å². The molecule has 0 aromatic heterocycles. The molecule has 104 valence electrons. The summed E-state index contributed by atoms with van der Waals surface area (Å²) in [6.45, 7) is 1.94. The zero-order chi connectivity index (χ0) is 14.6. The van der Waals surface area contributed by atoms with Gasteiger partial charge in [0.25, 0.3) is 0 Å². The maximum absolute atomic E-state index is 11.6. The van der Waals surface area contributed by atoms with E-state index in [-0.39, 0.29) is 12.5 Å². The largest absolute Gasteiger partial charge is 0.465 e. The van der Waals surface area contributed by atoms with Crippen molar-refractivity contribution < 1.29 is 14.3 Å². The van der Waals surface area contributed by atoms with Crippen LogP contribution in [0.2, 0.25) is 0 Å². The lowest BCUT2D eigenvalue weighted by molar-refractivity contribution is -0.126. The molecule has 0 heterocycles. The molecule has 1 aromatic rings. The van der Waals surface area contributed by atoms with Crippen LogP contribution in [-0.2, 0) is 9.53 Å². The number of nitrogens with two attached hydrogens (primary N) is 1. The molecular formula is C13H19N3O3. The third-order valence-electron chi connectivity index (χ3n) is 2.73. The molecule has 1 aromatic carbocycles. The average Bonchev–Trinajstić information content (AvgIpc) is 2.38. The summed E-state index contributed by atoms with van der Waals surface area (Å²) in [5.74, 6) is -0.558. The number of methoxy groups -OCH3 is 1. The minimum Gasteiger partial charge on any atom is -0.465 e. The van der Waals surface area contributed by atoms with Gasteiger partial charge in [-0.25, -0.2) is 4.79 Å². The van der Waals surface area contributed by atoms with Gasteiger partial charge in [0.1, 0.15) is 0 Å². The quantitative estimate of drug-likeness (QED) is 0.623. The number of amides is 1. The van der Waals surface area contributed by atoms with Crippen LogP contribution in [0.25, 0.3) is 0 Å². The molecule has 0 spiro atoms. The number of anilines is 2. The summed E-state index contributed by atoms with van der Waals surface area (Å²) in [6, 6.07) is 3.36. The van der Waals surface area contributed by atoms with Crippen LogP contribution >= 0.6 is 0 Å². The number of hydrogen-bond donors (Lipinski definition) is 2. The highest BCUT2D eigenvalue weighted by molar-refractivity contribution is 5.97. The fourth-order valence-corrected chi connectivity index (χ4v) is 1.52. The van der Waals surface area contributed by atoms with E-state index in [0.717, 1.165) is 5.56 Å². The van der Waals surface area contributed by atoms with Crippen molar-refractivity contribution in [3.63, 3.8) is 0 Å². The van der Waals surface area contributed by atoms with Crippen LogP contribution in [0, 0.1) is 6.92 Å². The molecule has 1 amide bonds. The number of carbonyl (C=O) groups is 2. The molecule has 0 aliphatic rings. The molecule has 0 atom stereocenters. The smallest absolute Gasteiger partial charge is 0.340 e. The molecule has 3 N–H and O–H groups in total. The SMILES string of the molecule is COC(=O)c1cc(NCC(=O)N(C)C)cc(C)c1N. The third-order valence-corrected chi connectivity index (χ3v) is 2.73. The summed E-state index contributed by atoms with van der Waals surface area (Å²) in [6.07, 6.45) is 0. The summed E-state index contributed by atoms with van der Waals surface area (Å²) in [4.78, 5) is 24.6. The highest BCUT2D eigenvalue weighted by atomic mass is 16.5. The van der Waals surface area contributed by atoms with Crippen LogP contribution in [0.3, 0.4) is 0 Å². The molecule has 19 heavy (non-hydrogen) atoms. The number of nitrogens with zero attached hydrogens (tertiary/aromatic N) is 1. The first-order valence-electron chi connectivity index (χ1n) is 5.79. The number of carbonyl (C=O) groups excluding carboxylic acids is 2. The fourth-order valence-electron chi connectivity index (χ4n) is 1.52. The Morgan fingerprint density at radius 1 is 1.37 bits per heavy atom.